The number of hydrogen-bond acceptors (Lipinski definition) is 5. The molecule has 1 atom stereocenters. The normalized spacial score (nSPS) is 14.1. The van der Waals surface area contributed by atoms with E-state index < -0.39 is 5.91 Å². The van der Waals surface area contributed by atoms with Crippen molar-refractivity contribution in [3.63, 3.8) is 0 Å². The zero-order valence-corrected chi connectivity index (χ0v) is 29.0. The minimum atomic E-state index is -0.418. The van der Waals surface area contributed by atoms with E-state index in [2.05, 4.69) is 40.1 Å². The first-order valence-corrected chi connectivity index (χ1v) is 16.8. The molecule has 0 bridgehead atoms. The molecular weight excluding hydrogens is 670 g/mol. The fraction of sp³-hybridized carbons (Fsp3) is 0.263. The summed E-state index contributed by atoms with van der Waals surface area (Å²) in [6.45, 7) is 9.13. The Balaban J connectivity index is 1.38. The maximum Gasteiger partial charge on any atom is 0.333 e. The average molecular weight is 709 g/mol. The molecule has 48 heavy (non-hydrogen) atoms. The predicted molar refractivity (Wildman–Crippen MR) is 189 cm³/mol. The summed E-state index contributed by atoms with van der Waals surface area (Å²) in [7, 11) is 0. The van der Waals surface area contributed by atoms with Crippen molar-refractivity contribution in [1.29, 1.82) is 0 Å². The molecule has 3 heterocycles. The third-order valence-corrected chi connectivity index (χ3v) is 9.39. The molecule has 1 aliphatic heterocycles. The van der Waals surface area contributed by atoms with Crippen molar-refractivity contribution in [2.75, 3.05) is 6.61 Å². The second kappa shape index (κ2) is 14.0. The lowest BCUT2D eigenvalue weighted by molar-refractivity contribution is 0.0610. The number of nitrogens with one attached hydrogen (secondary N) is 1. The number of nitrogens with zero attached hydrogens (tertiary/aromatic N) is 4. The molecule has 0 unspecified atom stereocenters. The van der Waals surface area contributed by atoms with Crippen molar-refractivity contribution < 1.29 is 14.3 Å². The molecule has 2 aromatic heterocycles. The summed E-state index contributed by atoms with van der Waals surface area (Å²) >= 11 is 3.51. The summed E-state index contributed by atoms with van der Waals surface area (Å²) in [6, 6.07) is 25.9. The highest BCUT2D eigenvalue weighted by atomic mass is 79.9. The molecule has 0 saturated heterocycles. The molecule has 5 aromatic rings. The minimum Gasteiger partial charge on any atom is -0.493 e. The zero-order chi connectivity index (χ0) is 33.9. The van der Waals surface area contributed by atoms with Gasteiger partial charge in [0.1, 0.15) is 11.4 Å². The summed E-state index contributed by atoms with van der Waals surface area (Å²) < 4.78 is 9.86. The fourth-order valence-corrected chi connectivity index (χ4v) is 6.21. The third-order valence-electron chi connectivity index (χ3n) is 8.50. The van der Waals surface area contributed by atoms with E-state index in [1.54, 1.807) is 46.0 Å². The van der Waals surface area contributed by atoms with Crippen molar-refractivity contribution in [1.82, 2.24) is 24.3 Å². The van der Waals surface area contributed by atoms with Crippen LogP contribution in [0.1, 0.15) is 58.4 Å². The number of aromatic nitrogens is 3. The van der Waals surface area contributed by atoms with Gasteiger partial charge in [0.15, 0.2) is 0 Å². The van der Waals surface area contributed by atoms with E-state index in [0.717, 1.165) is 26.9 Å². The largest absolute Gasteiger partial charge is 0.493 e. The molecule has 0 radical (unpaired) electrons. The molecule has 3 aromatic carbocycles. The van der Waals surface area contributed by atoms with E-state index in [-0.39, 0.29) is 43.0 Å². The molecule has 2 amide bonds. The lowest BCUT2D eigenvalue weighted by Crippen LogP contribution is -2.47. The number of fused-ring (bicyclic) bond motifs is 1. The summed E-state index contributed by atoms with van der Waals surface area (Å²) in [5.74, 6) is 0.458. The van der Waals surface area contributed by atoms with Gasteiger partial charge >= 0.3 is 5.69 Å². The van der Waals surface area contributed by atoms with Gasteiger partial charge in [0.05, 0.1) is 30.2 Å². The molecule has 0 aliphatic carbocycles. The first-order valence-electron chi connectivity index (χ1n) is 16.0. The van der Waals surface area contributed by atoms with Crippen molar-refractivity contribution in [3.8, 4) is 22.7 Å². The number of benzene rings is 3. The van der Waals surface area contributed by atoms with E-state index in [1.165, 1.54) is 4.57 Å². The average Bonchev–Trinajstić information content (AvgIpc) is 3.38. The number of aryl methyl sites for hydroxylation is 1. The van der Waals surface area contributed by atoms with Crippen molar-refractivity contribution in [2.24, 2.45) is 5.92 Å². The van der Waals surface area contributed by atoms with E-state index in [0.29, 0.717) is 35.2 Å². The minimum absolute atomic E-state index is 0.0974. The Morgan fingerprint density at radius 3 is 2.48 bits per heavy atom. The maximum absolute atomic E-state index is 14.3. The molecule has 0 saturated carbocycles. The monoisotopic (exact) mass is 707 g/mol. The highest BCUT2D eigenvalue weighted by molar-refractivity contribution is 9.10. The number of carbonyl (C=O) groups excluding carboxylic acids is 2. The van der Waals surface area contributed by atoms with E-state index in [4.69, 9.17) is 4.74 Å². The van der Waals surface area contributed by atoms with E-state index in [1.807, 2.05) is 68.4 Å². The molecule has 0 fully saturated rings. The van der Waals surface area contributed by atoms with Crippen molar-refractivity contribution in [2.45, 2.75) is 53.4 Å². The Morgan fingerprint density at radius 2 is 1.77 bits per heavy atom. The second-order valence-electron chi connectivity index (χ2n) is 12.5. The van der Waals surface area contributed by atoms with Crippen molar-refractivity contribution in [3.05, 3.63) is 134 Å². The number of imidazole rings is 1. The number of amides is 2. The molecule has 9 nitrogen and oxygen atoms in total. The van der Waals surface area contributed by atoms with Crippen LogP contribution < -0.4 is 15.7 Å². The Bertz CT molecular complexity index is 2020. The first-order chi connectivity index (χ1) is 23.1. The lowest BCUT2D eigenvalue weighted by Gasteiger charge is -2.34. The molecule has 1 N–H and O–H groups in total. The number of ether oxygens (including phenoxy) is 1. The Hall–Kier alpha value is -4.96. The van der Waals surface area contributed by atoms with Crippen LogP contribution in [0.5, 0.6) is 5.75 Å². The van der Waals surface area contributed by atoms with Gasteiger partial charge in [-0.3, -0.25) is 23.7 Å². The number of halogens is 1. The highest BCUT2D eigenvalue weighted by Crippen LogP contribution is 2.27. The van der Waals surface area contributed by atoms with Gasteiger partial charge in [-0.1, -0.05) is 60.1 Å². The second-order valence-corrected chi connectivity index (χ2v) is 13.4. The number of hydrogen-bond donors (Lipinski definition) is 1. The van der Waals surface area contributed by atoms with Gasteiger partial charge in [0, 0.05) is 40.9 Å². The molecule has 6 rings (SSSR count). The van der Waals surface area contributed by atoms with Crippen LogP contribution in [0.3, 0.4) is 0 Å². The Labute approximate surface area is 288 Å². The highest BCUT2D eigenvalue weighted by Gasteiger charge is 2.35. The number of pyridine rings is 1. The first kappa shape index (κ1) is 33.0. The summed E-state index contributed by atoms with van der Waals surface area (Å²) in [5, 5.41) is 3.07. The van der Waals surface area contributed by atoms with Gasteiger partial charge in [-0.05, 0) is 85.5 Å². The molecule has 246 valence electrons. The number of carbonyl (C=O) groups is 2. The van der Waals surface area contributed by atoms with Crippen LogP contribution in [0.25, 0.3) is 16.9 Å². The van der Waals surface area contributed by atoms with Crippen LogP contribution in [0, 0.1) is 12.8 Å². The number of rotatable bonds is 9. The summed E-state index contributed by atoms with van der Waals surface area (Å²) in [6.07, 6.45) is 1.74. The van der Waals surface area contributed by atoms with Crippen LogP contribution in [0.2, 0.25) is 0 Å². The van der Waals surface area contributed by atoms with Gasteiger partial charge in [-0.2, -0.15) is 0 Å². The molecule has 10 heteroatoms. The maximum atomic E-state index is 14.3. The topological polar surface area (TPSA) is 98.5 Å². The smallest absolute Gasteiger partial charge is 0.333 e. The molecule has 0 spiro atoms. The quantitative estimate of drug-likeness (QED) is 0.182. The van der Waals surface area contributed by atoms with Gasteiger partial charge in [-0.15, -0.1) is 0 Å². The van der Waals surface area contributed by atoms with Crippen LogP contribution in [-0.2, 0) is 19.6 Å². The van der Waals surface area contributed by atoms with Gasteiger partial charge in [0.25, 0.3) is 11.8 Å². The summed E-state index contributed by atoms with van der Waals surface area (Å²) in [4.78, 5) is 48.5. The van der Waals surface area contributed by atoms with Crippen molar-refractivity contribution >= 4 is 27.7 Å². The van der Waals surface area contributed by atoms with E-state index in [9.17, 15) is 14.4 Å². The summed E-state index contributed by atoms with van der Waals surface area (Å²) in [5.41, 5.74) is 4.96. The van der Waals surface area contributed by atoms with Crippen LogP contribution in [-0.4, -0.2) is 43.5 Å². The lowest BCUT2D eigenvalue weighted by atomic mass is 10.0. The van der Waals surface area contributed by atoms with E-state index >= 15 is 0 Å². The Morgan fingerprint density at radius 1 is 1.02 bits per heavy atom. The zero-order valence-electron chi connectivity index (χ0n) is 27.4. The van der Waals surface area contributed by atoms with Gasteiger partial charge in [0.2, 0.25) is 0 Å². The SMILES string of the molecule is Cc1cc(C(=O)N2Cc3c(C(=O)NCc4ccccc4-c4ccccn4)n(-c4ccc(OCC(C)C)cc4)c(=O)n3C[C@@H]2C)ccc1Br. The molecular formula is C38H38BrN5O4. The van der Waals surface area contributed by atoms with Gasteiger partial charge in [-0.25, -0.2) is 4.79 Å². The van der Waals surface area contributed by atoms with Crippen LogP contribution in [0.15, 0.2) is 100 Å². The fourth-order valence-electron chi connectivity index (χ4n) is 5.96. The predicted octanol–water partition coefficient (Wildman–Crippen LogP) is 6.78. The Kier molecular flexibility index (Phi) is 9.63. The van der Waals surface area contributed by atoms with Crippen LogP contribution in [0.4, 0.5) is 0 Å². The molecule has 1 aliphatic rings. The standard InChI is InChI=1S/C38H38BrN5O4/c1-24(2)23-48-30-15-13-29(14-16-30)44-35(36(45)41-20-28-9-5-6-10-31(28)33-11-7-8-18-40-33)34-22-42(26(4)21-43(34)38(44)47)37(46)27-12-17-32(39)25(3)19-27/h5-19,24,26H,20-23H2,1-4H3,(H,41,45)/t26-/m0/s1. The third kappa shape index (κ3) is 6.71. The van der Waals surface area contributed by atoms with Gasteiger partial charge < -0.3 is 15.0 Å². The van der Waals surface area contributed by atoms with Crippen LogP contribution >= 0.6 is 15.9 Å².